The van der Waals surface area contributed by atoms with E-state index in [1.807, 2.05) is 30.3 Å². The van der Waals surface area contributed by atoms with Gasteiger partial charge in [-0.1, -0.05) is 0 Å². The molecule has 0 aromatic carbocycles. The van der Waals surface area contributed by atoms with Crippen LogP contribution in [0.15, 0.2) is 0 Å². The summed E-state index contributed by atoms with van der Waals surface area (Å²) >= 11 is 0. The molecule has 0 saturated heterocycles. The summed E-state index contributed by atoms with van der Waals surface area (Å²) in [6.45, 7) is 2.99. The normalized spacial score (nSPS) is 10.5. The van der Waals surface area contributed by atoms with E-state index in [-0.39, 0.29) is 82.9 Å². The van der Waals surface area contributed by atoms with Crippen LogP contribution >= 0.6 is 0 Å². The molecule has 0 bridgehead atoms. The fourth-order valence-electron chi connectivity index (χ4n) is 2.99. The fraction of sp³-hybridized carbons (Fsp3) is 0.783. The lowest BCUT2D eigenvalue weighted by Crippen LogP contribution is -2.38. The highest BCUT2D eigenvalue weighted by atomic mass is 16.5. The first kappa shape index (κ1) is 30.2. The number of ether oxygens (including phenoxy) is 5. The SMILES string of the molecule is N#CCCOCC(COCCC#N)C(COCCC#N)C(COCCC#N)COCCC#N. The standard InChI is InChI=1S/C23H33N5O5/c24-6-1-11-29-16-21(17-30-12-2-7-25)23(20-33-15-5-10-28)22(18-31-13-3-8-26)19-32-14-4-9-27/h21-23H,1-5,11-20H2. The van der Waals surface area contributed by atoms with E-state index >= 15 is 0 Å². The van der Waals surface area contributed by atoms with E-state index in [0.717, 1.165) is 0 Å². The quantitative estimate of drug-likeness (QED) is 0.219. The molecule has 0 saturated carbocycles. The molecule has 0 radical (unpaired) electrons. The molecule has 0 aliphatic heterocycles. The maximum atomic E-state index is 8.80. The minimum absolute atomic E-state index is 0.142. The number of hydrogen-bond donors (Lipinski definition) is 0. The van der Waals surface area contributed by atoms with Crippen LogP contribution < -0.4 is 0 Å². The Bertz CT molecular complexity index is 594. The Labute approximate surface area is 196 Å². The predicted octanol–water partition coefficient (Wildman–Crippen LogP) is 2.49. The van der Waals surface area contributed by atoms with Crippen LogP contribution in [-0.4, -0.2) is 66.1 Å². The van der Waals surface area contributed by atoms with Gasteiger partial charge >= 0.3 is 0 Å². The van der Waals surface area contributed by atoms with Gasteiger partial charge in [-0.3, -0.25) is 0 Å². The van der Waals surface area contributed by atoms with Gasteiger partial charge in [0.2, 0.25) is 0 Å². The van der Waals surface area contributed by atoms with Gasteiger partial charge in [-0.05, 0) is 5.92 Å². The average Bonchev–Trinajstić information content (AvgIpc) is 2.83. The molecule has 0 aromatic rings. The second-order valence-electron chi connectivity index (χ2n) is 7.10. The van der Waals surface area contributed by atoms with Crippen LogP contribution in [-0.2, 0) is 23.7 Å². The van der Waals surface area contributed by atoms with E-state index < -0.39 is 0 Å². The first-order valence-electron chi connectivity index (χ1n) is 11.0. The van der Waals surface area contributed by atoms with Crippen LogP contribution in [0, 0.1) is 74.4 Å². The van der Waals surface area contributed by atoms with E-state index in [0.29, 0.717) is 33.0 Å². The molecule has 0 spiro atoms. The zero-order valence-corrected chi connectivity index (χ0v) is 19.1. The maximum absolute atomic E-state index is 8.80. The Morgan fingerprint density at radius 1 is 0.394 bits per heavy atom. The zero-order valence-electron chi connectivity index (χ0n) is 19.1. The highest BCUT2D eigenvalue weighted by Crippen LogP contribution is 2.25. The zero-order chi connectivity index (χ0) is 24.4. The summed E-state index contributed by atoms with van der Waals surface area (Å²) in [6.07, 6.45) is 1.33. The van der Waals surface area contributed by atoms with Crippen molar-refractivity contribution >= 4 is 0 Å². The van der Waals surface area contributed by atoms with Crippen molar-refractivity contribution in [2.24, 2.45) is 17.8 Å². The lowest BCUT2D eigenvalue weighted by molar-refractivity contribution is -0.0619. The fourth-order valence-corrected chi connectivity index (χ4v) is 2.99. The first-order valence-corrected chi connectivity index (χ1v) is 11.0. The third-order valence-corrected chi connectivity index (χ3v) is 4.64. The molecule has 0 aliphatic rings. The summed E-state index contributed by atoms with van der Waals surface area (Å²) in [5.74, 6) is -0.431. The number of hydrogen-bond acceptors (Lipinski definition) is 10. The molecular weight excluding hydrogens is 426 g/mol. The van der Waals surface area contributed by atoms with Gasteiger partial charge in [0.05, 0.1) is 129 Å². The molecule has 0 aromatic heterocycles. The summed E-state index contributed by atoms with van der Waals surface area (Å²) in [4.78, 5) is 0. The molecule has 0 fully saturated rings. The lowest BCUT2D eigenvalue weighted by Gasteiger charge is -2.33. The van der Waals surface area contributed by atoms with Gasteiger partial charge in [-0.25, -0.2) is 0 Å². The Morgan fingerprint density at radius 3 is 0.879 bits per heavy atom. The summed E-state index contributed by atoms with van der Waals surface area (Å²) in [5.41, 5.74) is 0. The van der Waals surface area contributed by atoms with E-state index in [9.17, 15) is 0 Å². The van der Waals surface area contributed by atoms with Gasteiger partial charge in [-0.2, -0.15) is 26.3 Å². The van der Waals surface area contributed by atoms with Crippen LogP contribution in [0.2, 0.25) is 0 Å². The molecule has 33 heavy (non-hydrogen) atoms. The third kappa shape index (κ3) is 17.5. The van der Waals surface area contributed by atoms with E-state index in [2.05, 4.69) is 0 Å². The topological polar surface area (TPSA) is 165 Å². The molecular formula is C23H33N5O5. The molecule has 0 heterocycles. The highest BCUT2D eigenvalue weighted by molar-refractivity contribution is 4.80. The van der Waals surface area contributed by atoms with Crippen molar-refractivity contribution in [2.75, 3.05) is 66.1 Å². The maximum Gasteiger partial charge on any atom is 0.0645 e. The van der Waals surface area contributed by atoms with Gasteiger partial charge in [0, 0.05) is 11.8 Å². The van der Waals surface area contributed by atoms with Gasteiger partial charge in [0.25, 0.3) is 0 Å². The molecule has 0 atom stereocenters. The number of nitriles is 5. The monoisotopic (exact) mass is 459 g/mol. The minimum Gasteiger partial charge on any atom is -0.380 e. The largest absolute Gasteiger partial charge is 0.380 e. The minimum atomic E-state index is -0.145. The van der Waals surface area contributed by atoms with Crippen molar-refractivity contribution in [1.29, 1.82) is 26.3 Å². The summed E-state index contributed by atoms with van der Waals surface area (Å²) in [7, 11) is 0. The van der Waals surface area contributed by atoms with Crippen molar-refractivity contribution in [3.8, 4) is 30.3 Å². The molecule has 0 amide bonds. The smallest absolute Gasteiger partial charge is 0.0645 e. The van der Waals surface area contributed by atoms with Crippen molar-refractivity contribution in [3.63, 3.8) is 0 Å². The van der Waals surface area contributed by atoms with Gasteiger partial charge in [-0.15, -0.1) is 0 Å². The highest BCUT2D eigenvalue weighted by Gasteiger charge is 2.31. The predicted molar refractivity (Wildman–Crippen MR) is 116 cm³/mol. The second-order valence-corrected chi connectivity index (χ2v) is 7.10. The Hall–Kier alpha value is -2.75. The molecule has 180 valence electrons. The van der Waals surface area contributed by atoms with Crippen LogP contribution in [0.25, 0.3) is 0 Å². The number of nitrogens with zero attached hydrogens (tertiary/aromatic N) is 5. The Morgan fingerprint density at radius 2 is 0.636 bits per heavy atom. The summed E-state index contributed by atoms with van der Waals surface area (Å²) < 4.78 is 28.5. The molecule has 0 aliphatic carbocycles. The van der Waals surface area contributed by atoms with Crippen molar-refractivity contribution in [3.05, 3.63) is 0 Å². The molecule has 0 N–H and O–H groups in total. The lowest BCUT2D eigenvalue weighted by atomic mass is 9.83. The van der Waals surface area contributed by atoms with Gasteiger partial charge in [0.1, 0.15) is 0 Å². The van der Waals surface area contributed by atoms with Crippen molar-refractivity contribution < 1.29 is 23.7 Å². The van der Waals surface area contributed by atoms with Crippen molar-refractivity contribution in [1.82, 2.24) is 0 Å². The van der Waals surface area contributed by atoms with Crippen LogP contribution in [0.5, 0.6) is 0 Å². The van der Waals surface area contributed by atoms with Gasteiger partial charge in [0.15, 0.2) is 0 Å². The van der Waals surface area contributed by atoms with E-state index in [4.69, 9.17) is 50.0 Å². The first-order chi connectivity index (χ1) is 16.2. The number of rotatable bonds is 22. The second kappa shape index (κ2) is 23.9. The Balaban J connectivity index is 5.43. The molecule has 10 heteroatoms. The van der Waals surface area contributed by atoms with Crippen LogP contribution in [0.4, 0.5) is 0 Å². The summed E-state index contributed by atoms with van der Waals surface area (Å²) in [6, 6.07) is 10.2. The third-order valence-electron chi connectivity index (χ3n) is 4.64. The van der Waals surface area contributed by atoms with Crippen molar-refractivity contribution in [2.45, 2.75) is 32.1 Å². The van der Waals surface area contributed by atoms with Crippen LogP contribution in [0.3, 0.4) is 0 Å². The molecule has 0 unspecified atom stereocenters. The molecule has 10 nitrogen and oxygen atoms in total. The van der Waals surface area contributed by atoms with E-state index in [1.165, 1.54) is 0 Å². The van der Waals surface area contributed by atoms with E-state index in [1.54, 1.807) is 0 Å². The van der Waals surface area contributed by atoms with Crippen LogP contribution in [0.1, 0.15) is 32.1 Å². The van der Waals surface area contributed by atoms with Gasteiger partial charge < -0.3 is 23.7 Å². The Kier molecular flexibility index (Phi) is 21.9. The summed E-state index contributed by atoms with van der Waals surface area (Å²) in [5, 5.41) is 43.9. The molecule has 0 rings (SSSR count). The average molecular weight is 460 g/mol.